The second kappa shape index (κ2) is 5.66. The quantitative estimate of drug-likeness (QED) is 0.580. The molecule has 0 amide bonds. The zero-order valence-corrected chi connectivity index (χ0v) is 9.17. The van der Waals surface area contributed by atoms with Gasteiger partial charge in [-0.1, -0.05) is 12.1 Å². The van der Waals surface area contributed by atoms with E-state index in [1.807, 2.05) is 13.0 Å². The predicted molar refractivity (Wildman–Crippen MR) is 62.1 cm³/mol. The van der Waals surface area contributed by atoms with Crippen LogP contribution in [0.5, 0.6) is 0 Å². The summed E-state index contributed by atoms with van der Waals surface area (Å²) in [4.78, 5) is 0. The molecule has 0 bridgehead atoms. The molecular weight excluding hydrogens is 189 g/mol. The van der Waals surface area contributed by atoms with E-state index in [0.717, 1.165) is 30.4 Å². The second-order valence-electron chi connectivity index (χ2n) is 3.83. The highest BCUT2D eigenvalue weighted by Crippen LogP contribution is 2.21. The SMILES string of the molecule is C=CCCCC(N)c1ccc(F)cc1C. The van der Waals surface area contributed by atoms with E-state index in [9.17, 15) is 4.39 Å². The van der Waals surface area contributed by atoms with Crippen molar-refractivity contribution in [2.75, 3.05) is 0 Å². The smallest absolute Gasteiger partial charge is 0.123 e. The number of aryl methyl sites for hydroxylation is 1. The van der Waals surface area contributed by atoms with E-state index in [1.54, 1.807) is 6.07 Å². The van der Waals surface area contributed by atoms with E-state index in [-0.39, 0.29) is 11.9 Å². The first-order chi connectivity index (χ1) is 7.15. The Morgan fingerprint density at radius 3 is 2.87 bits per heavy atom. The molecule has 2 N–H and O–H groups in total. The Kier molecular flexibility index (Phi) is 4.50. The number of allylic oxidation sites excluding steroid dienone is 1. The molecule has 0 aliphatic carbocycles. The van der Waals surface area contributed by atoms with Crippen molar-refractivity contribution in [2.24, 2.45) is 5.73 Å². The third kappa shape index (κ3) is 3.48. The van der Waals surface area contributed by atoms with Gasteiger partial charge in [0, 0.05) is 6.04 Å². The lowest BCUT2D eigenvalue weighted by molar-refractivity contribution is 0.603. The van der Waals surface area contributed by atoms with Gasteiger partial charge in [-0.3, -0.25) is 0 Å². The lowest BCUT2D eigenvalue weighted by Crippen LogP contribution is -2.11. The molecule has 0 heterocycles. The van der Waals surface area contributed by atoms with Gasteiger partial charge in [0.05, 0.1) is 0 Å². The first-order valence-electron chi connectivity index (χ1n) is 5.27. The Morgan fingerprint density at radius 2 is 2.27 bits per heavy atom. The molecule has 1 nitrogen and oxygen atoms in total. The molecule has 2 heteroatoms. The average molecular weight is 207 g/mol. The van der Waals surface area contributed by atoms with Crippen molar-refractivity contribution >= 4 is 0 Å². The van der Waals surface area contributed by atoms with E-state index < -0.39 is 0 Å². The maximum absolute atomic E-state index is 12.9. The van der Waals surface area contributed by atoms with Gasteiger partial charge in [-0.25, -0.2) is 4.39 Å². The normalized spacial score (nSPS) is 12.5. The van der Waals surface area contributed by atoms with Crippen molar-refractivity contribution in [1.29, 1.82) is 0 Å². The van der Waals surface area contributed by atoms with Gasteiger partial charge in [-0.2, -0.15) is 0 Å². The number of halogens is 1. The zero-order chi connectivity index (χ0) is 11.3. The molecule has 0 aliphatic rings. The van der Waals surface area contributed by atoms with Gasteiger partial charge in [0.2, 0.25) is 0 Å². The Morgan fingerprint density at radius 1 is 1.53 bits per heavy atom. The lowest BCUT2D eigenvalue weighted by atomic mass is 9.97. The van der Waals surface area contributed by atoms with Gasteiger partial charge < -0.3 is 5.73 Å². The van der Waals surface area contributed by atoms with Gasteiger partial charge in [-0.15, -0.1) is 6.58 Å². The highest BCUT2D eigenvalue weighted by Gasteiger charge is 2.08. The van der Waals surface area contributed by atoms with Gasteiger partial charge in [0.1, 0.15) is 5.82 Å². The summed E-state index contributed by atoms with van der Waals surface area (Å²) in [5, 5.41) is 0. The van der Waals surface area contributed by atoms with E-state index in [2.05, 4.69) is 6.58 Å². The summed E-state index contributed by atoms with van der Waals surface area (Å²) < 4.78 is 12.9. The summed E-state index contributed by atoms with van der Waals surface area (Å²) in [7, 11) is 0. The van der Waals surface area contributed by atoms with Crippen molar-refractivity contribution in [2.45, 2.75) is 32.2 Å². The first-order valence-corrected chi connectivity index (χ1v) is 5.27. The summed E-state index contributed by atoms with van der Waals surface area (Å²) in [5.74, 6) is -0.199. The molecule has 15 heavy (non-hydrogen) atoms. The van der Waals surface area contributed by atoms with Crippen molar-refractivity contribution in [3.63, 3.8) is 0 Å². The third-order valence-corrected chi connectivity index (χ3v) is 2.55. The zero-order valence-electron chi connectivity index (χ0n) is 9.17. The number of rotatable bonds is 5. The fraction of sp³-hybridized carbons (Fsp3) is 0.385. The van der Waals surface area contributed by atoms with Crippen LogP contribution in [0.3, 0.4) is 0 Å². The lowest BCUT2D eigenvalue weighted by Gasteiger charge is -2.14. The van der Waals surface area contributed by atoms with E-state index in [4.69, 9.17) is 5.73 Å². The summed E-state index contributed by atoms with van der Waals surface area (Å²) in [6.07, 6.45) is 4.82. The fourth-order valence-corrected chi connectivity index (χ4v) is 1.69. The van der Waals surface area contributed by atoms with E-state index in [1.165, 1.54) is 12.1 Å². The Hall–Kier alpha value is -1.15. The monoisotopic (exact) mass is 207 g/mol. The molecule has 0 aliphatic heterocycles. The van der Waals surface area contributed by atoms with Crippen LogP contribution in [0.1, 0.15) is 36.4 Å². The minimum absolute atomic E-state index is 0.00514. The molecular formula is C13H18FN. The van der Waals surface area contributed by atoms with Crippen LogP contribution in [-0.2, 0) is 0 Å². The van der Waals surface area contributed by atoms with Crippen LogP contribution in [0.15, 0.2) is 30.9 Å². The van der Waals surface area contributed by atoms with E-state index >= 15 is 0 Å². The van der Waals surface area contributed by atoms with Crippen LogP contribution in [0.2, 0.25) is 0 Å². The van der Waals surface area contributed by atoms with Crippen LogP contribution in [0, 0.1) is 12.7 Å². The van der Waals surface area contributed by atoms with Crippen molar-refractivity contribution in [3.05, 3.63) is 47.8 Å². The Bertz CT molecular complexity index is 333. The predicted octanol–water partition coefficient (Wildman–Crippen LogP) is 3.49. The molecule has 0 spiro atoms. The molecule has 82 valence electrons. The molecule has 1 rings (SSSR count). The molecule has 1 aromatic rings. The molecule has 0 saturated heterocycles. The molecule has 0 radical (unpaired) electrons. The standard InChI is InChI=1S/C13H18FN/c1-3-4-5-6-13(15)12-8-7-11(14)9-10(12)2/h3,7-9,13H,1,4-6,15H2,2H3. The summed E-state index contributed by atoms with van der Waals surface area (Å²) in [6, 6.07) is 4.78. The number of unbranched alkanes of at least 4 members (excludes halogenated alkanes) is 1. The van der Waals surface area contributed by atoms with Crippen molar-refractivity contribution in [1.82, 2.24) is 0 Å². The largest absolute Gasteiger partial charge is 0.324 e. The minimum Gasteiger partial charge on any atom is -0.324 e. The van der Waals surface area contributed by atoms with Gasteiger partial charge in [0.25, 0.3) is 0 Å². The highest BCUT2D eigenvalue weighted by atomic mass is 19.1. The number of hydrogen-bond donors (Lipinski definition) is 1. The molecule has 1 unspecified atom stereocenters. The molecule has 1 atom stereocenters. The Balaban J connectivity index is 2.64. The maximum atomic E-state index is 12.9. The minimum atomic E-state index is -0.199. The topological polar surface area (TPSA) is 26.0 Å². The number of hydrogen-bond acceptors (Lipinski definition) is 1. The fourth-order valence-electron chi connectivity index (χ4n) is 1.69. The summed E-state index contributed by atoms with van der Waals surface area (Å²) in [6.45, 7) is 5.56. The molecule has 0 fully saturated rings. The van der Waals surface area contributed by atoms with Crippen LogP contribution in [-0.4, -0.2) is 0 Å². The average Bonchev–Trinajstić information content (AvgIpc) is 2.17. The van der Waals surface area contributed by atoms with Crippen LogP contribution >= 0.6 is 0 Å². The molecule has 0 saturated carbocycles. The highest BCUT2D eigenvalue weighted by molar-refractivity contribution is 5.29. The van der Waals surface area contributed by atoms with Crippen molar-refractivity contribution in [3.8, 4) is 0 Å². The maximum Gasteiger partial charge on any atom is 0.123 e. The van der Waals surface area contributed by atoms with Crippen molar-refractivity contribution < 1.29 is 4.39 Å². The third-order valence-electron chi connectivity index (χ3n) is 2.55. The molecule has 1 aromatic carbocycles. The van der Waals surface area contributed by atoms with Crippen LogP contribution < -0.4 is 5.73 Å². The molecule has 0 aromatic heterocycles. The first kappa shape index (κ1) is 11.9. The van der Waals surface area contributed by atoms with Gasteiger partial charge in [-0.05, 0) is 49.4 Å². The number of nitrogens with two attached hydrogens (primary N) is 1. The van der Waals surface area contributed by atoms with Crippen LogP contribution in [0.4, 0.5) is 4.39 Å². The Labute approximate surface area is 90.8 Å². The van der Waals surface area contributed by atoms with Crippen LogP contribution in [0.25, 0.3) is 0 Å². The second-order valence-corrected chi connectivity index (χ2v) is 3.83. The van der Waals surface area contributed by atoms with E-state index in [0.29, 0.717) is 0 Å². The number of benzene rings is 1. The summed E-state index contributed by atoms with van der Waals surface area (Å²) in [5.41, 5.74) is 8.00. The summed E-state index contributed by atoms with van der Waals surface area (Å²) >= 11 is 0. The van der Waals surface area contributed by atoms with Gasteiger partial charge >= 0.3 is 0 Å². The van der Waals surface area contributed by atoms with Gasteiger partial charge in [0.15, 0.2) is 0 Å².